The Kier molecular flexibility index (Phi) is 5.59. The van der Waals surface area contributed by atoms with E-state index in [0.717, 1.165) is 40.8 Å². The van der Waals surface area contributed by atoms with E-state index < -0.39 is 0 Å². The Morgan fingerprint density at radius 3 is 2.50 bits per heavy atom. The van der Waals surface area contributed by atoms with Gasteiger partial charge in [0.1, 0.15) is 0 Å². The van der Waals surface area contributed by atoms with Crippen molar-refractivity contribution in [2.45, 2.75) is 66.7 Å². The van der Waals surface area contributed by atoms with Crippen LogP contribution in [0.5, 0.6) is 0 Å². The molecule has 1 N–H and O–H groups in total. The number of carbonyl (C=O) groups is 2. The van der Waals surface area contributed by atoms with Crippen molar-refractivity contribution in [2.24, 2.45) is 0 Å². The normalized spacial score (nSPS) is 13.5. The van der Waals surface area contributed by atoms with Crippen molar-refractivity contribution in [2.75, 3.05) is 6.54 Å². The van der Waals surface area contributed by atoms with Crippen molar-refractivity contribution in [3.05, 3.63) is 44.6 Å². The number of carbonyl (C=O) groups excluding carboxylic acids is 2. The Bertz CT molecular complexity index is 1050. The number of nitrogens with zero attached hydrogens (tertiary/aromatic N) is 2. The second-order valence-electron chi connectivity index (χ2n) is 7.52. The highest BCUT2D eigenvalue weighted by Gasteiger charge is 2.29. The maximum Gasteiger partial charge on any atom is 0.340 e. The SMILES string of the molecule is CCCCNC(=O)CCc1c(C)c2cc3n(c(=O)n2c1C)C(=O)C(C)=C3CC. The van der Waals surface area contributed by atoms with Crippen LogP contribution >= 0.6 is 0 Å². The van der Waals surface area contributed by atoms with Gasteiger partial charge in [-0.15, -0.1) is 0 Å². The van der Waals surface area contributed by atoms with Gasteiger partial charge in [0.2, 0.25) is 5.91 Å². The molecular weight excluding hydrogens is 354 g/mol. The number of rotatable bonds is 7. The molecule has 1 amide bonds. The zero-order chi connectivity index (χ0) is 20.6. The van der Waals surface area contributed by atoms with Gasteiger partial charge in [0.15, 0.2) is 0 Å². The van der Waals surface area contributed by atoms with Gasteiger partial charge in [-0.25, -0.2) is 9.36 Å². The highest BCUT2D eigenvalue weighted by atomic mass is 16.2. The van der Waals surface area contributed by atoms with Crippen LogP contribution in [-0.4, -0.2) is 27.3 Å². The van der Waals surface area contributed by atoms with Gasteiger partial charge in [-0.05, 0) is 62.8 Å². The Morgan fingerprint density at radius 1 is 1.14 bits per heavy atom. The third kappa shape index (κ3) is 3.11. The van der Waals surface area contributed by atoms with Crippen molar-refractivity contribution in [1.82, 2.24) is 14.3 Å². The van der Waals surface area contributed by atoms with E-state index in [1.807, 2.05) is 26.8 Å². The summed E-state index contributed by atoms with van der Waals surface area (Å²) in [5.41, 5.74) is 5.61. The minimum absolute atomic E-state index is 0.0312. The van der Waals surface area contributed by atoms with Crippen molar-refractivity contribution in [3.63, 3.8) is 0 Å². The van der Waals surface area contributed by atoms with E-state index in [9.17, 15) is 14.4 Å². The maximum atomic E-state index is 13.1. The van der Waals surface area contributed by atoms with Crippen LogP contribution in [0.2, 0.25) is 0 Å². The molecule has 3 heterocycles. The summed E-state index contributed by atoms with van der Waals surface area (Å²) in [5, 5.41) is 2.94. The van der Waals surface area contributed by atoms with Crippen molar-refractivity contribution in [3.8, 4) is 0 Å². The number of unbranched alkanes of at least 4 members (excludes halogenated alkanes) is 1. The van der Waals surface area contributed by atoms with Gasteiger partial charge in [-0.2, -0.15) is 0 Å². The first-order chi connectivity index (χ1) is 13.3. The van der Waals surface area contributed by atoms with Crippen LogP contribution in [-0.2, 0) is 11.2 Å². The monoisotopic (exact) mass is 383 g/mol. The zero-order valence-corrected chi connectivity index (χ0v) is 17.4. The van der Waals surface area contributed by atoms with Gasteiger partial charge in [-0.3, -0.25) is 14.0 Å². The fourth-order valence-corrected chi connectivity index (χ4v) is 4.18. The van der Waals surface area contributed by atoms with Gasteiger partial charge in [0.05, 0.1) is 11.2 Å². The largest absolute Gasteiger partial charge is 0.356 e. The fraction of sp³-hybridized carbons (Fsp3) is 0.500. The predicted molar refractivity (Wildman–Crippen MR) is 111 cm³/mol. The fourth-order valence-electron chi connectivity index (χ4n) is 4.18. The molecule has 0 atom stereocenters. The highest BCUT2D eigenvalue weighted by molar-refractivity contribution is 6.08. The van der Waals surface area contributed by atoms with Crippen LogP contribution in [0.1, 0.15) is 73.8 Å². The number of fused-ring (bicyclic) bond motifs is 2. The summed E-state index contributed by atoms with van der Waals surface area (Å²) in [6, 6.07) is 1.95. The number of aryl methyl sites for hydroxylation is 2. The molecule has 0 spiro atoms. The molecular formula is C22H29N3O3. The number of hydrogen-bond donors (Lipinski definition) is 1. The van der Waals surface area contributed by atoms with Crippen LogP contribution in [0, 0.1) is 13.8 Å². The van der Waals surface area contributed by atoms with Gasteiger partial charge < -0.3 is 5.32 Å². The standard InChI is InChI=1S/C22H29N3O3/c1-6-8-11-23-20(26)10-9-17-13(3)18-12-19-16(7-2)14(4)21(27)25(19)22(28)24(18)15(17)5/h12H,6-11H2,1-5H3,(H,23,26). The molecule has 0 saturated heterocycles. The molecule has 3 rings (SSSR count). The Labute approximate surface area is 165 Å². The van der Waals surface area contributed by atoms with Crippen LogP contribution in [0.15, 0.2) is 16.4 Å². The van der Waals surface area contributed by atoms with E-state index in [0.29, 0.717) is 37.1 Å². The van der Waals surface area contributed by atoms with Gasteiger partial charge in [-0.1, -0.05) is 20.3 Å². The van der Waals surface area contributed by atoms with Gasteiger partial charge in [0, 0.05) is 24.2 Å². The molecule has 2 aromatic rings. The molecule has 2 aromatic heterocycles. The molecule has 6 heteroatoms. The van der Waals surface area contributed by atoms with E-state index in [1.165, 1.54) is 4.57 Å². The molecule has 28 heavy (non-hydrogen) atoms. The third-order valence-corrected chi connectivity index (χ3v) is 5.84. The Balaban J connectivity index is 2.00. The minimum Gasteiger partial charge on any atom is -0.356 e. The Morgan fingerprint density at radius 2 is 1.86 bits per heavy atom. The molecule has 0 bridgehead atoms. The second kappa shape index (κ2) is 7.78. The van der Waals surface area contributed by atoms with E-state index in [-0.39, 0.29) is 17.5 Å². The summed E-state index contributed by atoms with van der Waals surface area (Å²) in [7, 11) is 0. The number of hydrogen-bond acceptors (Lipinski definition) is 3. The zero-order valence-electron chi connectivity index (χ0n) is 17.4. The molecule has 0 radical (unpaired) electrons. The average molecular weight is 383 g/mol. The Hall–Kier alpha value is -2.63. The average Bonchev–Trinajstić information content (AvgIpc) is 3.05. The quantitative estimate of drug-likeness (QED) is 0.745. The summed E-state index contributed by atoms with van der Waals surface area (Å²) >= 11 is 0. The molecule has 6 nitrogen and oxygen atoms in total. The first kappa shape index (κ1) is 20.1. The predicted octanol–water partition coefficient (Wildman–Crippen LogP) is 3.40. The number of allylic oxidation sites excluding steroid dienone is 2. The summed E-state index contributed by atoms with van der Waals surface area (Å²) in [6.07, 6.45) is 3.70. The van der Waals surface area contributed by atoms with E-state index >= 15 is 0 Å². The molecule has 0 aromatic carbocycles. The first-order valence-electron chi connectivity index (χ1n) is 10.1. The van der Waals surface area contributed by atoms with Crippen molar-refractivity contribution >= 4 is 22.9 Å². The summed E-state index contributed by atoms with van der Waals surface area (Å²) in [4.78, 5) is 37.8. The molecule has 0 aliphatic carbocycles. The lowest BCUT2D eigenvalue weighted by Crippen LogP contribution is -2.31. The molecule has 150 valence electrons. The third-order valence-electron chi connectivity index (χ3n) is 5.84. The molecule has 0 unspecified atom stereocenters. The second-order valence-corrected chi connectivity index (χ2v) is 7.52. The number of aromatic nitrogens is 2. The van der Waals surface area contributed by atoms with Crippen LogP contribution in [0.3, 0.4) is 0 Å². The summed E-state index contributed by atoms with van der Waals surface area (Å²) in [6.45, 7) is 10.4. The minimum atomic E-state index is -0.320. The topological polar surface area (TPSA) is 72.6 Å². The number of nitrogens with one attached hydrogen (secondary N) is 1. The highest BCUT2D eigenvalue weighted by Crippen LogP contribution is 2.31. The van der Waals surface area contributed by atoms with Crippen molar-refractivity contribution in [1.29, 1.82) is 0 Å². The van der Waals surface area contributed by atoms with Crippen molar-refractivity contribution < 1.29 is 9.59 Å². The van der Waals surface area contributed by atoms with Crippen LogP contribution in [0.4, 0.5) is 0 Å². The molecule has 0 fully saturated rings. The van der Waals surface area contributed by atoms with E-state index in [4.69, 9.17) is 0 Å². The lowest BCUT2D eigenvalue weighted by atomic mass is 10.0. The first-order valence-corrected chi connectivity index (χ1v) is 10.1. The smallest absolute Gasteiger partial charge is 0.340 e. The van der Waals surface area contributed by atoms with Crippen LogP contribution < -0.4 is 11.0 Å². The van der Waals surface area contributed by atoms with Crippen LogP contribution in [0.25, 0.3) is 11.1 Å². The van der Waals surface area contributed by atoms with Gasteiger partial charge >= 0.3 is 5.69 Å². The lowest BCUT2D eigenvalue weighted by Gasteiger charge is -2.07. The van der Waals surface area contributed by atoms with E-state index in [2.05, 4.69) is 12.2 Å². The maximum absolute atomic E-state index is 13.1. The van der Waals surface area contributed by atoms with E-state index in [1.54, 1.807) is 11.3 Å². The molecule has 1 aliphatic rings. The molecule has 0 saturated carbocycles. The molecule has 1 aliphatic heterocycles. The van der Waals surface area contributed by atoms with Gasteiger partial charge in [0.25, 0.3) is 5.91 Å². The lowest BCUT2D eigenvalue weighted by molar-refractivity contribution is -0.121. The summed E-state index contributed by atoms with van der Waals surface area (Å²) < 4.78 is 2.90. The summed E-state index contributed by atoms with van der Waals surface area (Å²) in [5.74, 6) is -0.204. The number of amides is 1.